The first kappa shape index (κ1) is 18.1. The second kappa shape index (κ2) is 7.05. The fourth-order valence-electron chi connectivity index (χ4n) is 2.58. The molecule has 2 heterocycles. The van der Waals surface area contributed by atoms with Gasteiger partial charge in [-0.1, -0.05) is 11.6 Å². The van der Waals surface area contributed by atoms with E-state index in [0.717, 1.165) is 12.1 Å². The number of halogens is 4. The maximum Gasteiger partial charge on any atom is 0.416 e. The molecule has 0 unspecified atom stereocenters. The van der Waals surface area contributed by atoms with E-state index in [4.69, 9.17) is 16.3 Å². The average molecular weight is 405 g/mol. The molecule has 0 amide bonds. The van der Waals surface area contributed by atoms with Crippen molar-refractivity contribution in [3.05, 3.63) is 71.5 Å². The van der Waals surface area contributed by atoms with Crippen molar-refractivity contribution in [1.29, 1.82) is 0 Å². The van der Waals surface area contributed by atoms with E-state index in [0.29, 0.717) is 17.2 Å². The molecule has 0 saturated heterocycles. The van der Waals surface area contributed by atoms with Gasteiger partial charge in [0.15, 0.2) is 0 Å². The van der Waals surface area contributed by atoms with Gasteiger partial charge in [0.25, 0.3) is 0 Å². The smallest absolute Gasteiger partial charge is 0.416 e. The number of benzene rings is 2. The Hall–Kier alpha value is -3.26. The van der Waals surface area contributed by atoms with E-state index in [2.05, 4.69) is 20.3 Å². The Labute approximate surface area is 162 Å². The highest BCUT2D eigenvalue weighted by molar-refractivity contribution is 6.35. The van der Waals surface area contributed by atoms with Crippen LogP contribution in [-0.2, 0) is 6.18 Å². The van der Waals surface area contributed by atoms with Crippen LogP contribution in [0.5, 0.6) is 11.5 Å². The number of rotatable bonds is 4. The highest BCUT2D eigenvalue weighted by atomic mass is 35.5. The highest BCUT2D eigenvalue weighted by Gasteiger charge is 2.31. The Morgan fingerprint density at radius 1 is 0.964 bits per heavy atom. The number of fused-ring (bicyclic) bond motifs is 1. The molecule has 0 aliphatic rings. The Kier molecular flexibility index (Phi) is 4.56. The largest absolute Gasteiger partial charge is 0.457 e. The van der Waals surface area contributed by atoms with Gasteiger partial charge < -0.3 is 15.0 Å². The van der Waals surface area contributed by atoms with E-state index in [9.17, 15) is 13.2 Å². The number of hydrogen-bond donors (Lipinski definition) is 2. The first-order valence-electron chi connectivity index (χ1n) is 8.10. The van der Waals surface area contributed by atoms with Crippen molar-refractivity contribution in [2.75, 3.05) is 5.32 Å². The molecule has 0 radical (unpaired) electrons. The fraction of sp³-hybridized carbons (Fsp3) is 0.0526. The normalized spacial score (nSPS) is 11.6. The summed E-state index contributed by atoms with van der Waals surface area (Å²) >= 11 is 5.95. The van der Waals surface area contributed by atoms with Crippen molar-refractivity contribution < 1.29 is 17.9 Å². The van der Waals surface area contributed by atoms with Crippen LogP contribution in [0.1, 0.15) is 5.56 Å². The van der Waals surface area contributed by atoms with E-state index in [1.54, 1.807) is 48.8 Å². The number of nitrogens with one attached hydrogen (secondary N) is 2. The molecule has 4 rings (SSSR count). The molecular formula is C19H12ClF3N4O. The molecule has 0 bridgehead atoms. The molecule has 2 aromatic carbocycles. The highest BCUT2D eigenvalue weighted by Crippen LogP contribution is 2.35. The van der Waals surface area contributed by atoms with E-state index in [1.807, 2.05) is 0 Å². The molecule has 142 valence electrons. The lowest BCUT2D eigenvalue weighted by Gasteiger charge is -2.07. The molecule has 0 fully saturated rings. The third-order valence-electron chi connectivity index (χ3n) is 3.87. The summed E-state index contributed by atoms with van der Waals surface area (Å²) in [6.07, 6.45) is -1.23. The molecule has 5 nitrogen and oxygen atoms in total. The predicted octanol–water partition coefficient (Wildman–Crippen LogP) is 6.17. The van der Waals surface area contributed by atoms with Gasteiger partial charge in [-0.15, -0.1) is 0 Å². The monoisotopic (exact) mass is 404 g/mol. The van der Waals surface area contributed by atoms with E-state index >= 15 is 0 Å². The van der Waals surface area contributed by atoms with Crippen LogP contribution >= 0.6 is 11.6 Å². The molecule has 0 saturated carbocycles. The van der Waals surface area contributed by atoms with Gasteiger partial charge in [0.2, 0.25) is 5.95 Å². The summed E-state index contributed by atoms with van der Waals surface area (Å²) < 4.78 is 44.4. The molecule has 4 aromatic rings. The number of aromatic amines is 1. The van der Waals surface area contributed by atoms with Crippen molar-refractivity contribution in [1.82, 2.24) is 15.0 Å². The average Bonchev–Trinajstić information content (AvgIpc) is 3.07. The van der Waals surface area contributed by atoms with Crippen LogP contribution < -0.4 is 10.1 Å². The van der Waals surface area contributed by atoms with Crippen molar-refractivity contribution >= 4 is 34.3 Å². The standard InChI is InChI=1S/C19H12ClF3N4O/c20-15-9-11(19(21,22)23)10-16-17(15)27-18(26-16)25-12-1-3-13(4-2-12)28-14-5-7-24-8-6-14/h1-10H,(H2,25,26,27). The van der Waals surface area contributed by atoms with Crippen molar-refractivity contribution in [2.45, 2.75) is 6.18 Å². The van der Waals surface area contributed by atoms with Gasteiger partial charge in [0.1, 0.15) is 17.0 Å². The lowest BCUT2D eigenvalue weighted by Crippen LogP contribution is -2.04. The number of imidazole rings is 1. The van der Waals surface area contributed by atoms with E-state index in [1.165, 1.54) is 0 Å². The number of anilines is 2. The minimum atomic E-state index is -4.48. The molecule has 0 spiro atoms. The number of hydrogen-bond acceptors (Lipinski definition) is 4. The summed E-state index contributed by atoms with van der Waals surface area (Å²) in [5.41, 5.74) is 0.292. The second-order valence-corrected chi connectivity index (χ2v) is 6.28. The minimum Gasteiger partial charge on any atom is -0.457 e. The quantitative estimate of drug-likeness (QED) is 0.427. The summed E-state index contributed by atoms with van der Waals surface area (Å²) in [6.45, 7) is 0. The topological polar surface area (TPSA) is 62.8 Å². The Balaban J connectivity index is 1.54. The summed E-state index contributed by atoms with van der Waals surface area (Å²) in [5.74, 6) is 1.56. The van der Waals surface area contributed by atoms with Crippen LogP contribution in [0.25, 0.3) is 11.0 Å². The Morgan fingerprint density at radius 3 is 2.32 bits per heavy atom. The van der Waals surface area contributed by atoms with Gasteiger partial charge >= 0.3 is 6.18 Å². The number of ether oxygens (including phenoxy) is 1. The maximum absolute atomic E-state index is 12.9. The van der Waals surface area contributed by atoms with Crippen LogP contribution in [0.2, 0.25) is 5.02 Å². The zero-order valence-corrected chi connectivity index (χ0v) is 14.8. The van der Waals surface area contributed by atoms with Gasteiger partial charge in [-0.3, -0.25) is 4.98 Å². The Bertz CT molecular complexity index is 1110. The predicted molar refractivity (Wildman–Crippen MR) is 100 cm³/mol. The second-order valence-electron chi connectivity index (χ2n) is 5.87. The van der Waals surface area contributed by atoms with E-state index in [-0.39, 0.29) is 22.0 Å². The number of H-pyrrole nitrogens is 1. The van der Waals surface area contributed by atoms with E-state index < -0.39 is 11.7 Å². The van der Waals surface area contributed by atoms with Gasteiger partial charge in [-0.25, -0.2) is 4.98 Å². The first-order chi connectivity index (χ1) is 13.4. The van der Waals surface area contributed by atoms with Crippen LogP contribution in [0.15, 0.2) is 60.9 Å². The van der Waals surface area contributed by atoms with Gasteiger partial charge in [0.05, 0.1) is 16.1 Å². The molecule has 2 aromatic heterocycles. The maximum atomic E-state index is 12.9. The van der Waals surface area contributed by atoms with Gasteiger partial charge in [-0.05, 0) is 48.5 Å². The van der Waals surface area contributed by atoms with Gasteiger partial charge in [0, 0.05) is 18.1 Å². The molecular weight excluding hydrogens is 393 g/mol. The molecule has 2 N–H and O–H groups in total. The van der Waals surface area contributed by atoms with Crippen LogP contribution in [0.3, 0.4) is 0 Å². The number of nitrogens with zero attached hydrogens (tertiary/aromatic N) is 2. The third kappa shape index (κ3) is 3.86. The first-order valence-corrected chi connectivity index (χ1v) is 8.48. The van der Waals surface area contributed by atoms with Crippen molar-refractivity contribution in [2.24, 2.45) is 0 Å². The molecule has 0 aliphatic carbocycles. The van der Waals surface area contributed by atoms with Gasteiger partial charge in [-0.2, -0.15) is 13.2 Å². The number of pyridine rings is 1. The zero-order valence-electron chi connectivity index (χ0n) is 14.1. The fourth-order valence-corrected chi connectivity index (χ4v) is 2.85. The summed E-state index contributed by atoms with van der Waals surface area (Å²) in [4.78, 5) is 10.9. The Morgan fingerprint density at radius 2 is 1.64 bits per heavy atom. The minimum absolute atomic E-state index is 0.0739. The summed E-state index contributed by atoms with van der Waals surface area (Å²) in [7, 11) is 0. The number of alkyl halides is 3. The third-order valence-corrected chi connectivity index (χ3v) is 4.16. The van der Waals surface area contributed by atoms with Crippen LogP contribution in [0, 0.1) is 0 Å². The van der Waals surface area contributed by atoms with Crippen LogP contribution in [0.4, 0.5) is 24.8 Å². The van der Waals surface area contributed by atoms with Crippen molar-refractivity contribution in [3.8, 4) is 11.5 Å². The molecule has 9 heteroatoms. The molecule has 28 heavy (non-hydrogen) atoms. The lowest BCUT2D eigenvalue weighted by atomic mass is 10.2. The number of aromatic nitrogens is 3. The molecule has 0 atom stereocenters. The van der Waals surface area contributed by atoms with Crippen LogP contribution in [-0.4, -0.2) is 15.0 Å². The SMILES string of the molecule is FC(F)(F)c1cc(Cl)c2nc(Nc3ccc(Oc4ccncc4)cc3)[nH]c2c1. The molecule has 0 aliphatic heterocycles. The van der Waals surface area contributed by atoms with Crippen molar-refractivity contribution in [3.63, 3.8) is 0 Å². The lowest BCUT2D eigenvalue weighted by molar-refractivity contribution is -0.137. The summed E-state index contributed by atoms with van der Waals surface area (Å²) in [5, 5.41) is 2.92. The zero-order chi connectivity index (χ0) is 19.7. The summed E-state index contributed by atoms with van der Waals surface area (Å²) in [6, 6.07) is 12.3.